The van der Waals surface area contributed by atoms with Crippen molar-refractivity contribution in [3.8, 4) is 0 Å². The minimum absolute atomic E-state index is 0.157. The first-order valence-electron chi connectivity index (χ1n) is 7.57. The molecule has 6 heteroatoms. The number of amides is 1. The van der Waals surface area contributed by atoms with Gasteiger partial charge in [-0.3, -0.25) is 9.69 Å². The molecule has 3 rings (SSSR count). The Kier molecular flexibility index (Phi) is 4.46. The van der Waals surface area contributed by atoms with Crippen LogP contribution in [0.4, 0.5) is 5.69 Å². The van der Waals surface area contributed by atoms with Crippen LogP contribution < -0.4 is 4.90 Å². The number of hydrogen-bond acceptors (Lipinski definition) is 5. The van der Waals surface area contributed by atoms with E-state index < -0.39 is 0 Å². The van der Waals surface area contributed by atoms with Gasteiger partial charge in [0.05, 0.1) is 10.7 Å². The smallest absolute Gasteiger partial charge is 0.297 e. The summed E-state index contributed by atoms with van der Waals surface area (Å²) in [6.45, 7) is 7.27. The number of rotatable bonds is 3. The van der Waals surface area contributed by atoms with Gasteiger partial charge in [-0.1, -0.05) is 23.9 Å². The summed E-state index contributed by atoms with van der Waals surface area (Å²) in [6.07, 6.45) is 2.00. The van der Waals surface area contributed by atoms with Crippen molar-refractivity contribution in [3.05, 3.63) is 46.7 Å². The van der Waals surface area contributed by atoms with Gasteiger partial charge in [-0.25, -0.2) is 0 Å². The molecule has 1 aromatic rings. The van der Waals surface area contributed by atoms with Gasteiger partial charge in [0.1, 0.15) is 0 Å². The van der Waals surface area contributed by atoms with E-state index in [1.165, 1.54) is 15.5 Å². The van der Waals surface area contributed by atoms with Crippen LogP contribution in [-0.2, 0) is 9.53 Å². The van der Waals surface area contributed by atoms with Crippen molar-refractivity contribution in [1.82, 2.24) is 4.90 Å². The number of thioether (sulfide) groups is 1. The van der Waals surface area contributed by atoms with Crippen molar-refractivity contribution in [2.45, 2.75) is 25.7 Å². The predicted octanol–water partition coefficient (Wildman–Crippen LogP) is 3.90. The first kappa shape index (κ1) is 16.1. The van der Waals surface area contributed by atoms with E-state index in [0.717, 1.165) is 17.1 Å². The SMILES string of the molecule is CCN1C(=O)/C(=C(C)\C=C2/Sc3ccccc3N2CC)OC1=S. The van der Waals surface area contributed by atoms with Crippen LogP contribution in [-0.4, -0.2) is 29.1 Å². The monoisotopic (exact) mass is 346 g/mol. The fraction of sp³-hybridized carbons (Fsp3) is 0.294. The number of carbonyl (C=O) groups excluding carboxylic acids is 1. The maximum absolute atomic E-state index is 12.3. The first-order valence-corrected chi connectivity index (χ1v) is 8.80. The number of para-hydroxylation sites is 1. The van der Waals surface area contributed by atoms with Gasteiger partial charge in [0.15, 0.2) is 5.76 Å². The van der Waals surface area contributed by atoms with Gasteiger partial charge in [0, 0.05) is 23.6 Å². The number of carbonyl (C=O) groups is 1. The van der Waals surface area contributed by atoms with Crippen LogP contribution in [0, 0.1) is 0 Å². The van der Waals surface area contributed by atoms with Gasteiger partial charge in [-0.2, -0.15) is 0 Å². The normalized spacial score (nSPS) is 21.1. The molecule has 2 aliphatic rings. The molecule has 0 aliphatic carbocycles. The van der Waals surface area contributed by atoms with Gasteiger partial charge in [-0.05, 0) is 51.2 Å². The molecule has 0 radical (unpaired) electrons. The van der Waals surface area contributed by atoms with E-state index in [1.54, 1.807) is 11.8 Å². The molecule has 1 fully saturated rings. The molecular weight excluding hydrogens is 328 g/mol. The molecule has 4 nitrogen and oxygen atoms in total. The van der Waals surface area contributed by atoms with Gasteiger partial charge in [-0.15, -0.1) is 0 Å². The zero-order valence-corrected chi connectivity index (χ0v) is 15.0. The molecule has 120 valence electrons. The number of nitrogens with zero attached hydrogens (tertiary/aromatic N) is 2. The van der Waals surface area contributed by atoms with Crippen LogP contribution in [0.5, 0.6) is 0 Å². The maximum Gasteiger partial charge on any atom is 0.297 e. The lowest BCUT2D eigenvalue weighted by Gasteiger charge is -2.18. The molecule has 0 saturated carbocycles. The van der Waals surface area contributed by atoms with Crippen LogP contribution in [0.15, 0.2) is 51.6 Å². The molecule has 2 aliphatic heterocycles. The fourth-order valence-corrected chi connectivity index (χ4v) is 4.17. The highest BCUT2D eigenvalue weighted by atomic mass is 32.2. The standard InChI is InChI=1S/C17H18N2O2S2/c1-4-18-12-8-6-7-9-13(12)23-14(18)10-11(3)15-16(20)19(5-2)17(22)21-15/h6-10H,4-5H2,1-3H3/b14-10-,15-11+. The Bertz CT molecular complexity index is 740. The molecular formula is C17H18N2O2S2. The number of thiocarbonyl (C=S) groups is 1. The Hall–Kier alpha value is -1.79. The van der Waals surface area contributed by atoms with E-state index in [4.69, 9.17) is 17.0 Å². The third-order valence-electron chi connectivity index (χ3n) is 3.82. The summed E-state index contributed by atoms with van der Waals surface area (Å²) in [7, 11) is 0. The predicted molar refractivity (Wildman–Crippen MR) is 97.2 cm³/mol. The third kappa shape index (κ3) is 2.77. The minimum Gasteiger partial charge on any atom is -0.425 e. The van der Waals surface area contributed by atoms with E-state index in [2.05, 4.69) is 24.0 Å². The molecule has 23 heavy (non-hydrogen) atoms. The van der Waals surface area contributed by atoms with Crippen molar-refractivity contribution >= 4 is 40.7 Å². The van der Waals surface area contributed by atoms with E-state index in [-0.39, 0.29) is 11.1 Å². The lowest BCUT2D eigenvalue weighted by molar-refractivity contribution is -0.122. The summed E-state index contributed by atoms with van der Waals surface area (Å²) in [5, 5.41) is 1.33. The maximum atomic E-state index is 12.3. The highest BCUT2D eigenvalue weighted by Crippen LogP contribution is 2.46. The van der Waals surface area contributed by atoms with Crippen molar-refractivity contribution in [2.24, 2.45) is 0 Å². The third-order valence-corrected chi connectivity index (χ3v) is 5.23. The average molecular weight is 346 g/mol. The number of fused-ring (bicyclic) bond motifs is 1. The van der Waals surface area contributed by atoms with Crippen molar-refractivity contribution in [2.75, 3.05) is 18.0 Å². The zero-order chi connectivity index (χ0) is 16.6. The molecule has 0 atom stereocenters. The fourth-order valence-electron chi connectivity index (χ4n) is 2.65. The number of likely N-dealkylation sites (N-methyl/N-ethyl adjacent to an activating group) is 1. The van der Waals surface area contributed by atoms with Crippen molar-refractivity contribution < 1.29 is 9.53 Å². The molecule has 0 spiro atoms. The highest BCUT2D eigenvalue weighted by Gasteiger charge is 2.34. The second kappa shape index (κ2) is 6.37. The topological polar surface area (TPSA) is 32.8 Å². The first-order chi connectivity index (χ1) is 11.1. The Balaban J connectivity index is 1.95. The summed E-state index contributed by atoms with van der Waals surface area (Å²) in [5.74, 6) is 0.173. The molecule has 0 N–H and O–H groups in total. The Morgan fingerprint density at radius 3 is 2.61 bits per heavy atom. The Morgan fingerprint density at radius 2 is 1.96 bits per heavy atom. The van der Waals surface area contributed by atoms with E-state index in [9.17, 15) is 4.79 Å². The van der Waals surface area contributed by atoms with E-state index in [1.807, 2.05) is 32.1 Å². The van der Waals surface area contributed by atoms with Crippen LogP contribution >= 0.6 is 24.0 Å². The second-order valence-corrected chi connectivity index (χ2v) is 6.64. The van der Waals surface area contributed by atoms with Crippen molar-refractivity contribution in [3.63, 3.8) is 0 Å². The van der Waals surface area contributed by atoms with Crippen LogP contribution in [0.1, 0.15) is 20.8 Å². The minimum atomic E-state index is -0.157. The van der Waals surface area contributed by atoms with E-state index in [0.29, 0.717) is 12.3 Å². The summed E-state index contributed by atoms with van der Waals surface area (Å²) < 4.78 is 5.51. The van der Waals surface area contributed by atoms with Gasteiger partial charge in [0.2, 0.25) is 0 Å². The molecule has 0 unspecified atom stereocenters. The average Bonchev–Trinajstić information content (AvgIpc) is 3.03. The molecule has 2 heterocycles. The zero-order valence-electron chi connectivity index (χ0n) is 13.3. The molecule has 0 bridgehead atoms. The number of benzene rings is 1. The lowest BCUT2D eigenvalue weighted by atomic mass is 10.2. The number of hydrogen-bond donors (Lipinski definition) is 0. The van der Waals surface area contributed by atoms with E-state index >= 15 is 0 Å². The lowest BCUT2D eigenvalue weighted by Crippen LogP contribution is -2.28. The summed E-state index contributed by atoms with van der Waals surface area (Å²) in [6, 6.07) is 8.30. The molecule has 0 aromatic heterocycles. The number of allylic oxidation sites excluding steroid dienone is 2. The van der Waals surface area contributed by atoms with Crippen LogP contribution in [0.25, 0.3) is 0 Å². The molecule has 1 aromatic carbocycles. The van der Waals surface area contributed by atoms with Gasteiger partial charge >= 0.3 is 0 Å². The second-order valence-electron chi connectivity index (χ2n) is 5.23. The highest BCUT2D eigenvalue weighted by molar-refractivity contribution is 8.03. The van der Waals surface area contributed by atoms with Gasteiger partial charge in [0.25, 0.3) is 11.1 Å². The summed E-state index contributed by atoms with van der Waals surface area (Å²) >= 11 is 6.82. The Morgan fingerprint density at radius 1 is 1.26 bits per heavy atom. The number of ether oxygens (including phenoxy) is 1. The van der Waals surface area contributed by atoms with Crippen LogP contribution in [0.2, 0.25) is 0 Å². The largest absolute Gasteiger partial charge is 0.425 e. The molecule has 1 saturated heterocycles. The summed E-state index contributed by atoms with van der Waals surface area (Å²) in [5.41, 5.74) is 2.00. The van der Waals surface area contributed by atoms with Crippen molar-refractivity contribution in [1.29, 1.82) is 0 Å². The van der Waals surface area contributed by atoms with Crippen LogP contribution in [0.3, 0.4) is 0 Å². The molecule has 1 amide bonds. The summed E-state index contributed by atoms with van der Waals surface area (Å²) in [4.78, 5) is 17.3. The number of anilines is 1. The quantitative estimate of drug-likeness (QED) is 0.612. The Labute approximate surface area is 145 Å². The van der Waals surface area contributed by atoms with Gasteiger partial charge < -0.3 is 9.64 Å².